The van der Waals surface area contributed by atoms with Crippen molar-refractivity contribution in [3.8, 4) is 33.4 Å². The number of nitrogens with zero attached hydrogens (tertiary/aromatic N) is 1. The van der Waals surface area contributed by atoms with Gasteiger partial charge >= 0.3 is 0 Å². The maximum Gasteiger partial charge on any atom is 0.0546 e. The Balaban J connectivity index is 1.35. The standard InChI is InChI=1S/C48H33N/c1-3-14-34(15-4-1)36-28-30-41(31-29-36)49(40-19-5-2-6-20-40)47-25-13-24-43(39-27-26-35-16-7-8-17-37(35)32-39)48(47)46-33-38-18-9-10-21-42(38)44-22-11-12-23-45(44)46/h1-33H. The summed E-state index contributed by atoms with van der Waals surface area (Å²) in [5.41, 5.74) is 10.6. The zero-order valence-electron chi connectivity index (χ0n) is 27.0. The molecule has 0 aliphatic heterocycles. The molecule has 1 nitrogen and oxygen atoms in total. The van der Waals surface area contributed by atoms with Gasteiger partial charge in [-0.2, -0.15) is 0 Å². The van der Waals surface area contributed by atoms with Gasteiger partial charge in [0.1, 0.15) is 0 Å². The van der Waals surface area contributed by atoms with E-state index in [1.807, 2.05) is 0 Å². The minimum atomic E-state index is 1.10. The van der Waals surface area contributed by atoms with E-state index in [9.17, 15) is 0 Å². The van der Waals surface area contributed by atoms with Crippen LogP contribution in [0.25, 0.3) is 65.7 Å². The molecule has 9 rings (SSSR count). The van der Waals surface area contributed by atoms with Crippen LogP contribution in [-0.2, 0) is 0 Å². The Morgan fingerprint density at radius 3 is 1.63 bits per heavy atom. The van der Waals surface area contributed by atoms with E-state index in [2.05, 4.69) is 205 Å². The summed E-state index contributed by atoms with van der Waals surface area (Å²) in [5, 5.41) is 7.47. The van der Waals surface area contributed by atoms with Crippen LogP contribution >= 0.6 is 0 Å². The van der Waals surface area contributed by atoms with Gasteiger partial charge in [0.2, 0.25) is 0 Å². The van der Waals surface area contributed by atoms with E-state index in [4.69, 9.17) is 0 Å². The third-order valence-electron chi connectivity index (χ3n) is 9.63. The van der Waals surface area contributed by atoms with Crippen LogP contribution in [0.3, 0.4) is 0 Å². The van der Waals surface area contributed by atoms with Crippen molar-refractivity contribution in [2.24, 2.45) is 0 Å². The van der Waals surface area contributed by atoms with E-state index in [1.165, 1.54) is 65.7 Å². The lowest BCUT2D eigenvalue weighted by molar-refractivity contribution is 1.28. The molecule has 0 unspecified atom stereocenters. The van der Waals surface area contributed by atoms with Gasteiger partial charge in [-0.15, -0.1) is 0 Å². The molecule has 0 atom stereocenters. The van der Waals surface area contributed by atoms with E-state index in [0.29, 0.717) is 0 Å². The maximum absolute atomic E-state index is 2.42. The van der Waals surface area contributed by atoms with Crippen LogP contribution in [0.15, 0.2) is 200 Å². The zero-order chi connectivity index (χ0) is 32.6. The second kappa shape index (κ2) is 12.3. The first-order valence-electron chi connectivity index (χ1n) is 16.9. The molecule has 9 aromatic carbocycles. The third kappa shape index (κ3) is 5.23. The van der Waals surface area contributed by atoms with Gasteiger partial charge in [0, 0.05) is 16.9 Å². The van der Waals surface area contributed by atoms with Crippen molar-refractivity contribution in [3.63, 3.8) is 0 Å². The molecular formula is C48H33N. The minimum Gasteiger partial charge on any atom is -0.310 e. The molecule has 0 aliphatic carbocycles. The highest BCUT2D eigenvalue weighted by molar-refractivity contribution is 6.16. The normalized spacial score (nSPS) is 11.3. The Kier molecular flexibility index (Phi) is 7.22. The van der Waals surface area contributed by atoms with E-state index in [0.717, 1.165) is 17.1 Å². The van der Waals surface area contributed by atoms with Gasteiger partial charge in [-0.1, -0.05) is 158 Å². The highest BCUT2D eigenvalue weighted by Crippen LogP contribution is 2.48. The van der Waals surface area contributed by atoms with Gasteiger partial charge in [0.15, 0.2) is 0 Å². The summed E-state index contributed by atoms with van der Waals surface area (Å²) in [5.74, 6) is 0. The van der Waals surface area contributed by atoms with Crippen LogP contribution in [-0.4, -0.2) is 0 Å². The predicted octanol–water partition coefficient (Wildman–Crippen LogP) is 13.6. The third-order valence-corrected chi connectivity index (χ3v) is 9.63. The van der Waals surface area contributed by atoms with Crippen molar-refractivity contribution >= 4 is 49.4 Å². The van der Waals surface area contributed by atoms with Crippen molar-refractivity contribution in [1.82, 2.24) is 0 Å². The Hall–Kier alpha value is -6.44. The van der Waals surface area contributed by atoms with Gasteiger partial charge < -0.3 is 4.90 Å². The Bertz CT molecular complexity index is 2590. The van der Waals surface area contributed by atoms with Gasteiger partial charge in [-0.25, -0.2) is 0 Å². The number of rotatable bonds is 6. The number of anilines is 3. The summed E-state index contributed by atoms with van der Waals surface area (Å²) in [6, 6.07) is 72.6. The highest BCUT2D eigenvalue weighted by atomic mass is 15.1. The molecule has 9 aromatic rings. The lowest BCUT2D eigenvalue weighted by Gasteiger charge is -2.30. The Labute approximate surface area is 287 Å². The van der Waals surface area contributed by atoms with Gasteiger partial charge in [0.25, 0.3) is 0 Å². The van der Waals surface area contributed by atoms with Crippen LogP contribution in [0.1, 0.15) is 0 Å². The number of benzene rings is 9. The summed E-state index contributed by atoms with van der Waals surface area (Å²) < 4.78 is 0. The van der Waals surface area contributed by atoms with Crippen LogP contribution in [0.2, 0.25) is 0 Å². The molecule has 0 spiro atoms. The molecule has 0 aromatic heterocycles. The summed E-state index contributed by atoms with van der Waals surface area (Å²) >= 11 is 0. The van der Waals surface area contributed by atoms with Crippen LogP contribution < -0.4 is 4.90 Å². The molecule has 49 heavy (non-hydrogen) atoms. The first-order valence-corrected chi connectivity index (χ1v) is 16.9. The second-order valence-corrected chi connectivity index (χ2v) is 12.5. The van der Waals surface area contributed by atoms with Gasteiger partial charge in [-0.3, -0.25) is 0 Å². The Morgan fingerprint density at radius 2 is 0.857 bits per heavy atom. The number of hydrogen-bond donors (Lipinski definition) is 0. The van der Waals surface area contributed by atoms with E-state index < -0.39 is 0 Å². The summed E-state index contributed by atoms with van der Waals surface area (Å²) in [6.45, 7) is 0. The number of para-hydroxylation sites is 1. The fraction of sp³-hybridized carbons (Fsp3) is 0. The molecule has 0 radical (unpaired) electrons. The second-order valence-electron chi connectivity index (χ2n) is 12.5. The quantitative estimate of drug-likeness (QED) is 0.167. The molecule has 0 amide bonds. The molecule has 0 N–H and O–H groups in total. The van der Waals surface area contributed by atoms with Gasteiger partial charge in [-0.05, 0) is 103 Å². The molecule has 0 saturated heterocycles. The van der Waals surface area contributed by atoms with Crippen molar-refractivity contribution in [2.45, 2.75) is 0 Å². The first-order chi connectivity index (χ1) is 24.3. The fourth-order valence-electron chi connectivity index (χ4n) is 7.31. The van der Waals surface area contributed by atoms with Crippen LogP contribution in [0.5, 0.6) is 0 Å². The highest BCUT2D eigenvalue weighted by Gasteiger charge is 2.22. The average Bonchev–Trinajstić information content (AvgIpc) is 3.18. The topological polar surface area (TPSA) is 3.24 Å². The lowest BCUT2D eigenvalue weighted by atomic mass is 9.87. The van der Waals surface area contributed by atoms with Crippen LogP contribution in [0.4, 0.5) is 17.1 Å². The predicted molar refractivity (Wildman–Crippen MR) is 210 cm³/mol. The van der Waals surface area contributed by atoms with Gasteiger partial charge in [0.05, 0.1) is 5.69 Å². The lowest BCUT2D eigenvalue weighted by Crippen LogP contribution is -2.11. The smallest absolute Gasteiger partial charge is 0.0546 e. The number of fused-ring (bicyclic) bond motifs is 4. The van der Waals surface area contributed by atoms with E-state index >= 15 is 0 Å². The van der Waals surface area contributed by atoms with Crippen molar-refractivity contribution in [3.05, 3.63) is 200 Å². The minimum absolute atomic E-state index is 1.10. The molecule has 0 heterocycles. The molecule has 1 heteroatoms. The summed E-state index contributed by atoms with van der Waals surface area (Å²) in [7, 11) is 0. The zero-order valence-corrected chi connectivity index (χ0v) is 27.0. The van der Waals surface area contributed by atoms with E-state index in [1.54, 1.807) is 0 Å². The maximum atomic E-state index is 2.42. The van der Waals surface area contributed by atoms with Crippen molar-refractivity contribution in [1.29, 1.82) is 0 Å². The number of hydrogen-bond acceptors (Lipinski definition) is 1. The fourth-order valence-corrected chi connectivity index (χ4v) is 7.31. The van der Waals surface area contributed by atoms with E-state index in [-0.39, 0.29) is 0 Å². The van der Waals surface area contributed by atoms with Crippen molar-refractivity contribution < 1.29 is 0 Å². The summed E-state index contributed by atoms with van der Waals surface area (Å²) in [4.78, 5) is 2.42. The Morgan fingerprint density at radius 1 is 0.286 bits per heavy atom. The molecule has 0 saturated carbocycles. The average molecular weight is 624 g/mol. The SMILES string of the molecule is c1ccc(-c2ccc(N(c3ccccc3)c3cccc(-c4ccc5ccccc5c4)c3-c3cc4ccccc4c4ccccc34)cc2)cc1. The monoisotopic (exact) mass is 623 g/mol. The molecule has 0 bridgehead atoms. The first kappa shape index (κ1) is 28.8. The molecule has 230 valence electrons. The van der Waals surface area contributed by atoms with Crippen LogP contribution in [0, 0.1) is 0 Å². The molecule has 0 fully saturated rings. The largest absolute Gasteiger partial charge is 0.310 e. The summed E-state index contributed by atoms with van der Waals surface area (Å²) in [6.07, 6.45) is 0. The molecular weight excluding hydrogens is 591 g/mol. The van der Waals surface area contributed by atoms with Crippen molar-refractivity contribution in [2.75, 3.05) is 4.90 Å². The molecule has 0 aliphatic rings.